The first-order valence-electron chi connectivity index (χ1n) is 27.6. The van der Waals surface area contributed by atoms with E-state index in [1.807, 2.05) is 81.1 Å². The standard InChI is InChI=1S/C60H68F2N10O6/c1-33(2)52(67-59(75)76)57(73)70-24-8-12-50(70)55-63-44-18-16-39(29-46(44)65-55)48-20-21-49(40-17-19-45-47(30-40)66-56(64-45)51-13-9-25-71(51)58(74)53(34(3)4)68-60(77)78-5)72(48)41-31-42(61)54(43(62)32-41)69-26-22-36(23-27-69)38-15-14-35-10-6-7-11-37(35)28-38/h6-7,10-11,14-19,28-34,36,48-53,67H,8-9,12-13,20-27H2,1-5H3,(H,63,65)(H,64,66)(H,68,77)(H,75,76)/t48-,49-,50+,51+,52?,53?/m1/s1. The van der Waals surface area contributed by atoms with Crippen molar-refractivity contribution in [1.29, 1.82) is 0 Å². The van der Waals surface area contributed by atoms with Crippen molar-refractivity contribution in [2.75, 3.05) is 43.1 Å². The van der Waals surface area contributed by atoms with Gasteiger partial charge in [-0.2, -0.15) is 0 Å². The molecule has 0 bridgehead atoms. The zero-order valence-corrected chi connectivity index (χ0v) is 44.8. The van der Waals surface area contributed by atoms with Crippen LogP contribution in [-0.4, -0.2) is 104 Å². The number of hydrogen-bond acceptors (Lipinski definition) is 9. The molecule has 0 saturated carbocycles. The van der Waals surface area contributed by atoms with E-state index in [2.05, 4.69) is 55.8 Å². The molecule has 2 unspecified atom stereocenters. The summed E-state index contributed by atoms with van der Waals surface area (Å²) in [6.07, 6.45) is 3.77. The lowest BCUT2D eigenvalue weighted by Gasteiger charge is -2.36. The molecule has 408 valence electrons. The van der Waals surface area contributed by atoms with Gasteiger partial charge in [-0.25, -0.2) is 28.3 Å². The molecule has 4 saturated heterocycles. The van der Waals surface area contributed by atoms with Gasteiger partial charge >= 0.3 is 12.2 Å². The van der Waals surface area contributed by atoms with Crippen molar-refractivity contribution in [1.82, 2.24) is 40.4 Å². The number of aromatic amines is 2. The maximum atomic E-state index is 17.0. The summed E-state index contributed by atoms with van der Waals surface area (Å²) >= 11 is 0. The maximum absolute atomic E-state index is 17.0. The first kappa shape index (κ1) is 52.3. The molecule has 18 heteroatoms. The van der Waals surface area contributed by atoms with Crippen molar-refractivity contribution in [3.05, 3.63) is 131 Å². The third-order valence-corrected chi connectivity index (χ3v) is 16.9. The number of piperidine rings is 1. The lowest BCUT2D eigenvalue weighted by Crippen LogP contribution is -2.51. The van der Waals surface area contributed by atoms with Crippen LogP contribution in [0.4, 0.5) is 29.7 Å². The number of H-pyrrole nitrogens is 2. The maximum Gasteiger partial charge on any atom is 0.407 e. The summed E-state index contributed by atoms with van der Waals surface area (Å²) < 4.78 is 38.8. The van der Waals surface area contributed by atoms with Crippen molar-refractivity contribution in [3.8, 4) is 0 Å². The lowest BCUT2D eigenvalue weighted by atomic mass is 9.88. The van der Waals surface area contributed by atoms with Crippen LogP contribution in [0.25, 0.3) is 32.8 Å². The zero-order valence-electron chi connectivity index (χ0n) is 44.8. The van der Waals surface area contributed by atoms with Crippen LogP contribution in [0.2, 0.25) is 0 Å². The number of carboxylic acid groups (broad SMARTS) is 1. The summed E-state index contributed by atoms with van der Waals surface area (Å²) in [7, 11) is 1.27. The molecule has 4 amide bonds. The highest BCUT2D eigenvalue weighted by Gasteiger charge is 2.41. The highest BCUT2D eigenvalue weighted by molar-refractivity contribution is 5.88. The molecule has 78 heavy (non-hydrogen) atoms. The first-order chi connectivity index (χ1) is 37.6. The highest BCUT2D eigenvalue weighted by Crippen LogP contribution is 2.49. The van der Waals surface area contributed by atoms with E-state index in [0.29, 0.717) is 80.2 Å². The highest BCUT2D eigenvalue weighted by atomic mass is 19.1. The van der Waals surface area contributed by atoms with E-state index in [0.717, 1.165) is 47.8 Å². The van der Waals surface area contributed by atoms with Gasteiger partial charge in [0.1, 0.15) is 29.4 Å². The van der Waals surface area contributed by atoms with Gasteiger partial charge in [-0.15, -0.1) is 0 Å². The number of nitrogens with one attached hydrogen (secondary N) is 4. The Kier molecular flexibility index (Phi) is 14.5. The average Bonchev–Trinajstić information content (AvgIpc) is 4.35. The van der Waals surface area contributed by atoms with E-state index < -0.39 is 35.9 Å². The monoisotopic (exact) mass is 1060 g/mol. The van der Waals surface area contributed by atoms with Gasteiger partial charge in [-0.1, -0.05) is 82.3 Å². The van der Waals surface area contributed by atoms with E-state index in [1.165, 1.54) is 35.6 Å². The second-order valence-corrected chi connectivity index (χ2v) is 22.3. The van der Waals surface area contributed by atoms with E-state index in [9.17, 15) is 24.3 Å². The Morgan fingerprint density at radius 1 is 0.615 bits per heavy atom. The first-order valence-corrected chi connectivity index (χ1v) is 27.6. The predicted octanol–water partition coefficient (Wildman–Crippen LogP) is 11.3. The summed E-state index contributed by atoms with van der Waals surface area (Å²) in [5, 5.41) is 17.0. The number of likely N-dealkylation sites (tertiary alicyclic amines) is 2. The largest absolute Gasteiger partial charge is 0.465 e. The van der Waals surface area contributed by atoms with Crippen LogP contribution in [0, 0.1) is 23.5 Å². The summed E-state index contributed by atoms with van der Waals surface area (Å²) in [5.74, 6) is -0.640. The quantitative estimate of drug-likeness (QED) is 0.0742. The van der Waals surface area contributed by atoms with Gasteiger partial charge in [0, 0.05) is 31.9 Å². The van der Waals surface area contributed by atoms with Gasteiger partial charge in [0.25, 0.3) is 0 Å². The van der Waals surface area contributed by atoms with Gasteiger partial charge in [0.2, 0.25) is 11.8 Å². The number of hydrogen-bond donors (Lipinski definition) is 5. The molecule has 0 spiro atoms. The summed E-state index contributed by atoms with van der Waals surface area (Å²) in [6.45, 7) is 9.41. The number of ether oxygens (including phenoxy) is 1. The number of nitrogens with zero attached hydrogens (tertiary/aromatic N) is 6. The number of fused-ring (bicyclic) bond motifs is 3. The molecular weight excluding hydrogens is 995 g/mol. The number of imidazole rings is 2. The second kappa shape index (κ2) is 21.6. The molecule has 4 aliphatic rings. The molecule has 16 nitrogen and oxygen atoms in total. The fourth-order valence-electron chi connectivity index (χ4n) is 12.9. The van der Waals surface area contributed by atoms with Crippen molar-refractivity contribution in [3.63, 3.8) is 0 Å². The zero-order chi connectivity index (χ0) is 54.5. The molecule has 2 aromatic heterocycles. The Morgan fingerprint density at radius 3 is 1.64 bits per heavy atom. The van der Waals surface area contributed by atoms with Crippen molar-refractivity contribution >= 4 is 68.2 Å². The molecule has 5 N–H and O–H groups in total. The van der Waals surface area contributed by atoms with Gasteiger partial charge in [-0.05, 0) is 133 Å². The van der Waals surface area contributed by atoms with E-state index >= 15 is 8.78 Å². The van der Waals surface area contributed by atoms with Crippen molar-refractivity contribution in [2.24, 2.45) is 11.8 Å². The number of carbonyl (C=O) groups is 4. The van der Waals surface area contributed by atoms with Crippen LogP contribution in [0.3, 0.4) is 0 Å². The minimum Gasteiger partial charge on any atom is -0.465 e. The third kappa shape index (κ3) is 10.0. The third-order valence-electron chi connectivity index (χ3n) is 16.9. The van der Waals surface area contributed by atoms with Crippen LogP contribution in [0.15, 0.2) is 91.0 Å². The predicted molar refractivity (Wildman–Crippen MR) is 295 cm³/mol. The van der Waals surface area contributed by atoms with Gasteiger partial charge in [0.05, 0.1) is 53.3 Å². The van der Waals surface area contributed by atoms with Crippen LogP contribution >= 0.6 is 0 Å². The fraction of sp³-hybridized carbons (Fsp3) is 0.433. The van der Waals surface area contributed by atoms with E-state index in [4.69, 9.17) is 14.7 Å². The summed E-state index contributed by atoms with van der Waals surface area (Å²) in [6, 6.07) is 26.8. The van der Waals surface area contributed by atoms with Gasteiger partial charge < -0.3 is 50.0 Å². The fourth-order valence-corrected chi connectivity index (χ4v) is 12.9. The number of methoxy groups -OCH3 is 1. The number of carbonyl (C=O) groups excluding carboxylic acids is 3. The number of anilines is 2. The van der Waals surface area contributed by atoms with Crippen LogP contribution in [0.1, 0.15) is 137 Å². The molecule has 4 aliphatic heterocycles. The number of amides is 4. The van der Waals surface area contributed by atoms with Gasteiger partial charge in [0.15, 0.2) is 11.6 Å². The summed E-state index contributed by atoms with van der Waals surface area (Å²) in [5.41, 5.74) is 6.39. The topological polar surface area (TPSA) is 192 Å². The normalized spacial score (nSPS) is 20.9. The van der Waals surface area contributed by atoms with Gasteiger partial charge in [-0.3, -0.25) is 9.59 Å². The lowest BCUT2D eigenvalue weighted by molar-refractivity contribution is -0.136. The minimum atomic E-state index is -1.25. The smallest absolute Gasteiger partial charge is 0.407 e. The van der Waals surface area contributed by atoms with Crippen LogP contribution in [0.5, 0.6) is 0 Å². The van der Waals surface area contributed by atoms with Crippen LogP contribution in [-0.2, 0) is 14.3 Å². The molecule has 11 rings (SSSR count). The minimum absolute atomic E-state index is 0.0166. The Labute approximate surface area is 451 Å². The molecule has 7 aromatic rings. The Balaban J connectivity index is 0.903. The Morgan fingerprint density at radius 2 is 1.13 bits per heavy atom. The molecular formula is C60H68F2N10O6. The Hall–Kier alpha value is -7.76. The summed E-state index contributed by atoms with van der Waals surface area (Å²) in [4.78, 5) is 76.3. The molecule has 5 aromatic carbocycles. The average molecular weight is 1060 g/mol. The van der Waals surface area contributed by atoms with E-state index in [1.54, 1.807) is 9.80 Å². The SMILES string of the molecule is COC(=O)NC(C(=O)N1CCC[C@H]1c1nc2cc([C@H]3CC[C@H](c4ccc5[nH]c([C@@H]6CCCN6C(=O)C(NC(=O)O)C(C)C)nc5c4)N3c3cc(F)c(N4CCC(c5ccc6ccccc6c5)CC4)c(F)c3)ccc2[nH]1)C(C)C. The Bertz CT molecular complexity index is 3380. The second-order valence-electron chi connectivity index (χ2n) is 22.3. The molecule has 6 heterocycles. The molecule has 6 atom stereocenters. The number of rotatable bonds is 13. The molecule has 0 radical (unpaired) electrons. The molecule has 4 fully saturated rings. The van der Waals surface area contributed by atoms with Crippen LogP contribution < -0.4 is 20.4 Å². The molecule has 0 aliphatic carbocycles. The number of benzene rings is 5. The number of alkyl carbamates (subject to hydrolysis) is 1. The van der Waals surface area contributed by atoms with Crippen molar-refractivity contribution in [2.45, 2.75) is 121 Å². The van der Waals surface area contributed by atoms with Crippen molar-refractivity contribution < 1.29 is 37.8 Å². The number of halogens is 2. The number of aromatic nitrogens is 4. The van der Waals surface area contributed by atoms with E-state index in [-0.39, 0.29) is 59.4 Å².